The summed E-state index contributed by atoms with van der Waals surface area (Å²) >= 11 is 0. The maximum atomic E-state index is 11.7. The number of nitrogens with one attached hydrogen (secondary N) is 2. The van der Waals surface area contributed by atoms with E-state index in [4.69, 9.17) is 0 Å². The Morgan fingerprint density at radius 2 is 2.00 bits per heavy atom. The van der Waals surface area contributed by atoms with Gasteiger partial charge >= 0.3 is 0 Å². The van der Waals surface area contributed by atoms with Crippen molar-refractivity contribution in [3.05, 3.63) is 11.4 Å². The van der Waals surface area contributed by atoms with Gasteiger partial charge in [-0.3, -0.25) is 4.79 Å². The number of aryl methyl sites for hydroxylation is 1. The molecule has 118 valence electrons. The zero-order chi connectivity index (χ0) is 16.0. The first-order valence-electron chi connectivity index (χ1n) is 7.48. The maximum Gasteiger partial charge on any atom is 0.224 e. The molecule has 1 unspecified atom stereocenters. The van der Waals surface area contributed by atoms with Crippen LogP contribution in [0.15, 0.2) is 0 Å². The van der Waals surface area contributed by atoms with Crippen molar-refractivity contribution in [3.8, 4) is 0 Å². The predicted octanol–water partition coefficient (Wildman–Crippen LogP) is 1.60. The lowest BCUT2D eigenvalue weighted by Gasteiger charge is -2.24. The van der Waals surface area contributed by atoms with Crippen LogP contribution in [-0.2, 0) is 11.2 Å². The lowest BCUT2D eigenvalue weighted by atomic mass is 10.1. The summed E-state index contributed by atoms with van der Waals surface area (Å²) in [6.07, 6.45) is 0.782. The third kappa shape index (κ3) is 4.31. The van der Waals surface area contributed by atoms with Crippen LogP contribution in [0.2, 0.25) is 0 Å². The Kier molecular flexibility index (Phi) is 6.39. The Labute approximate surface area is 127 Å². The summed E-state index contributed by atoms with van der Waals surface area (Å²) < 4.78 is 0. The average Bonchev–Trinajstić information content (AvgIpc) is 2.48. The van der Waals surface area contributed by atoms with Gasteiger partial charge in [-0.25, -0.2) is 9.97 Å². The zero-order valence-electron chi connectivity index (χ0n) is 13.9. The largest absolute Gasteiger partial charge is 0.370 e. The second-order valence-electron chi connectivity index (χ2n) is 5.22. The van der Waals surface area contributed by atoms with E-state index in [1.807, 2.05) is 39.6 Å². The van der Waals surface area contributed by atoms with E-state index < -0.39 is 0 Å². The molecule has 0 bridgehead atoms. The molecule has 0 saturated heterocycles. The van der Waals surface area contributed by atoms with Gasteiger partial charge in [-0.2, -0.15) is 0 Å². The smallest absolute Gasteiger partial charge is 0.224 e. The first kappa shape index (κ1) is 17.2. The van der Waals surface area contributed by atoms with Crippen LogP contribution in [0.3, 0.4) is 0 Å². The maximum absolute atomic E-state index is 11.7. The van der Waals surface area contributed by atoms with Gasteiger partial charge in [0.05, 0.1) is 5.92 Å². The van der Waals surface area contributed by atoms with Crippen molar-refractivity contribution >= 4 is 17.5 Å². The summed E-state index contributed by atoms with van der Waals surface area (Å²) in [4.78, 5) is 22.8. The highest BCUT2D eigenvalue weighted by Gasteiger charge is 2.18. The molecule has 0 aliphatic rings. The van der Waals surface area contributed by atoms with E-state index in [-0.39, 0.29) is 11.8 Å². The lowest BCUT2D eigenvalue weighted by Crippen LogP contribution is -2.35. The van der Waals surface area contributed by atoms with Crippen LogP contribution in [-0.4, -0.2) is 43.1 Å². The first-order valence-corrected chi connectivity index (χ1v) is 7.48. The van der Waals surface area contributed by atoms with Crippen molar-refractivity contribution in [2.24, 2.45) is 5.92 Å². The quantitative estimate of drug-likeness (QED) is 0.799. The van der Waals surface area contributed by atoms with Gasteiger partial charge in [-0.15, -0.1) is 0 Å². The number of amides is 1. The fraction of sp³-hybridized carbons (Fsp3) is 0.667. The lowest BCUT2D eigenvalue weighted by molar-refractivity contribution is -0.123. The molecule has 0 aliphatic carbocycles. The Bertz CT molecular complexity index is 489. The monoisotopic (exact) mass is 293 g/mol. The van der Waals surface area contributed by atoms with E-state index in [2.05, 4.69) is 20.6 Å². The molecule has 6 heteroatoms. The van der Waals surface area contributed by atoms with Gasteiger partial charge in [0.15, 0.2) is 0 Å². The van der Waals surface area contributed by atoms with Gasteiger partial charge in [0, 0.05) is 39.2 Å². The second kappa shape index (κ2) is 7.81. The van der Waals surface area contributed by atoms with E-state index in [1.54, 1.807) is 7.05 Å². The molecule has 0 aromatic carbocycles. The molecular formula is C15H27N5O. The first-order chi connectivity index (χ1) is 9.94. The van der Waals surface area contributed by atoms with Crippen molar-refractivity contribution in [2.75, 3.05) is 37.4 Å². The topological polar surface area (TPSA) is 70.2 Å². The summed E-state index contributed by atoms with van der Waals surface area (Å²) in [6.45, 7) is 9.44. The molecule has 2 N–H and O–H groups in total. The summed E-state index contributed by atoms with van der Waals surface area (Å²) in [5.74, 6) is 2.51. The minimum absolute atomic E-state index is 0.0381. The van der Waals surface area contributed by atoms with E-state index in [9.17, 15) is 4.79 Å². The number of rotatable bonds is 7. The van der Waals surface area contributed by atoms with Crippen LogP contribution >= 0.6 is 0 Å². The highest BCUT2D eigenvalue weighted by Crippen LogP contribution is 2.23. The van der Waals surface area contributed by atoms with Gasteiger partial charge < -0.3 is 15.5 Å². The minimum atomic E-state index is -0.0953. The number of anilines is 2. The van der Waals surface area contributed by atoms with Crippen LogP contribution < -0.4 is 15.5 Å². The molecule has 6 nitrogen and oxygen atoms in total. The average molecular weight is 293 g/mol. The fourth-order valence-electron chi connectivity index (χ4n) is 2.25. The van der Waals surface area contributed by atoms with Crippen molar-refractivity contribution in [3.63, 3.8) is 0 Å². The molecule has 1 heterocycles. The molecular weight excluding hydrogens is 266 g/mol. The molecule has 0 fully saturated rings. The number of carbonyl (C=O) groups is 1. The second-order valence-corrected chi connectivity index (χ2v) is 5.22. The summed E-state index contributed by atoms with van der Waals surface area (Å²) in [5, 5.41) is 5.96. The van der Waals surface area contributed by atoms with Crippen LogP contribution in [0.1, 0.15) is 32.2 Å². The van der Waals surface area contributed by atoms with Gasteiger partial charge in [-0.05, 0) is 13.8 Å². The van der Waals surface area contributed by atoms with Crippen molar-refractivity contribution in [1.82, 2.24) is 15.3 Å². The highest BCUT2D eigenvalue weighted by atomic mass is 16.1. The molecule has 0 aliphatic heterocycles. The van der Waals surface area contributed by atoms with Crippen LogP contribution in [0, 0.1) is 12.8 Å². The number of aromatic nitrogens is 2. The van der Waals surface area contributed by atoms with E-state index in [0.717, 1.165) is 36.0 Å². The van der Waals surface area contributed by atoms with E-state index in [1.165, 1.54) is 0 Å². The van der Waals surface area contributed by atoms with Gasteiger partial charge in [0.2, 0.25) is 5.91 Å². The van der Waals surface area contributed by atoms with E-state index >= 15 is 0 Å². The summed E-state index contributed by atoms with van der Waals surface area (Å²) in [5.41, 5.74) is 1.01. The Hall–Kier alpha value is -1.85. The predicted molar refractivity (Wildman–Crippen MR) is 86.8 cm³/mol. The number of nitrogens with zero attached hydrogens (tertiary/aromatic N) is 3. The molecule has 1 aromatic rings. The molecule has 21 heavy (non-hydrogen) atoms. The highest BCUT2D eigenvalue weighted by molar-refractivity contribution is 5.78. The Balaban J connectivity index is 3.04. The normalized spacial score (nSPS) is 11.9. The Morgan fingerprint density at radius 3 is 2.52 bits per heavy atom. The molecule has 0 radical (unpaired) electrons. The SMILES string of the molecule is CCNc1nc(CC)nc(N(C)CC(C)C(=O)NC)c1C. The van der Waals surface area contributed by atoms with Gasteiger partial charge in [0.1, 0.15) is 17.5 Å². The van der Waals surface area contributed by atoms with Crippen LogP contribution in [0.4, 0.5) is 11.6 Å². The molecule has 1 atom stereocenters. The van der Waals surface area contributed by atoms with Gasteiger partial charge in [0.25, 0.3) is 0 Å². The number of hydrogen-bond acceptors (Lipinski definition) is 5. The third-order valence-electron chi connectivity index (χ3n) is 3.43. The number of carbonyl (C=O) groups excluding carboxylic acids is 1. The molecule has 1 aromatic heterocycles. The molecule has 1 rings (SSSR count). The minimum Gasteiger partial charge on any atom is -0.370 e. The zero-order valence-corrected chi connectivity index (χ0v) is 13.9. The molecule has 0 spiro atoms. The van der Waals surface area contributed by atoms with Crippen molar-refractivity contribution < 1.29 is 4.79 Å². The standard InChI is InChI=1S/C15H27N5O/c1-7-12-18-13(17-8-2)11(4)14(19-12)20(6)9-10(3)15(21)16-5/h10H,7-9H2,1-6H3,(H,16,21)(H,17,18,19). The Morgan fingerprint density at radius 1 is 1.33 bits per heavy atom. The van der Waals surface area contributed by atoms with Gasteiger partial charge in [-0.1, -0.05) is 13.8 Å². The molecule has 0 saturated carbocycles. The number of hydrogen-bond donors (Lipinski definition) is 2. The molecule has 1 amide bonds. The van der Waals surface area contributed by atoms with Crippen molar-refractivity contribution in [2.45, 2.75) is 34.1 Å². The summed E-state index contributed by atoms with van der Waals surface area (Å²) in [7, 11) is 3.62. The van der Waals surface area contributed by atoms with Crippen LogP contribution in [0.5, 0.6) is 0 Å². The van der Waals surface area contributed by atoms with E-state index in [0.29, 0.717) is 6.54 Å². The van der Waals surface area contributed by atoms with Crippen LogP contribution in [0.25, 0.3) is 0 Å². The summed E-state index contributed by atoms with van der Waals surface area (Å²) in [6, 6.07) is 0. The fourth-order valence-corrected chi connectivity index (χ4v) is 2.25. The third-order valence-corrected chi connectivity index (χ3v) is 3.43. The van der Waals surface area contributed by atoms with Crippen molar-refractivity contribution in [1.29, 1.82) is 0 Å².